The molecule has 0 aliphatic carbocycles. The number of nitrogens with one attached hydrogen (secondary N) is 1. The first-order valence-corrected chi connectivity index (χ1v) is 11.6. The fraction of sp³-hybridized carbons (Fsp3) is 0.385. The first kappa shape index (κ1) is 22.6. The minimum Gasteiger partial charge on any atom is -0.377 e. The van der Waals surface area contributed by atoms with Gasteiger partial charge in [-0.25, -0.2) is 0 Å². The molecule has 2 heterocycles. The normalized spacial score (nSPS) is 20.3. The Kier molecular flexibility index (Phi) is 5.50. The van der Waals surface area contributed by atoms with Gasteiger partial charge in [0, 0.05) is 30.8 Å². The minimum absolute atomic E-state index is 0.0931. The molecule has 0 radical (unpaired) electrons. The highest BCUT2D eigenvalue weighted by atomic mass is 32.2. The quantitative estimate of drug-likeness (QED) is 0.617. The standard InChI is InChI=1S/C26H30N2O3S/c1-15-10-20-19(25(2,3)14-31-26(20,4)5)13-17(15)18-11-16(8-9-21(18)28(6)7)12-22-23(29)27-24(30)32-22/h8-13H,14H2,1-7H3,(H,27,29,30)/b22-12+. The van der Waals surface area contributed by atoms with Crippen molar-refractivity contribution in [3.63, 3.8) is 0 Å². The van der Waals surface area contributed by atoms with Crippen LogP contribution in [0.4, 0.5) is 10.5 Å². The Morgan fingerprint density at radius 1 is 1.03 bits per heavy atom. The van der Waals surface area contributed by atoms with E-state index in [1.165, 1.54) is 16.7 Å². The largest absolute Gasteiger partial charge is 0.377 e. The van der Waals surface area contributed by atoms with Crippen LogP contribution in [0.15, 0.2) is 35.2 Å². The molecule has 2 aliphatic rings. The van der Waals surface area contributed by atoms with Gasteiger partial charge in [0.1, 0.15) is 0 Å². The molecule has 32 heavy (non-hydrogen) atoms. The third-order valence-electron chi connectivity index (χ3n) is 6.27. The predicted molar refractivity (Wildman–Crippen MR) is 132 cm³/mol. The van der Waals surface area contributed by atoms with Crippen molar-refractivity contribution in [3.05, 3.63) is 57.5 Å². The second-order valence-corrected chi connectivity index (χ2v) is 10.9. The number of amides is 2. The molecule has 2 amide bonds. The van der Waals surface area contributed by atoms with E-state index in [0.717, 1.165) is 34.1 Å². The van der Waals surface area contributed by atoms with Crippen molar-refractivity contribution in [2.75, 3.05) is 25.6 Å². The summed E-state index contributed by atoms with van der Waals surface area (Å²) in [6.07, 6.45) is 1.78. The summed E-state index contributed by atoms with van der Waals surface area (Å²) in [7, 11) is 4.06. The van der Waals surface area contributed by atoms with Crippen molar-refractivity contribution in [1.29, 1.82) is 0 Å². The Bertz CT molecular complexity index is 1160. The number of benzene rings is 2. The molecule has 168 valence electrons. The lowest BCUT2D eigenvalue weighted by atomic mass is 9.73. The second-order valence-electron chi connectivity index (χ2n) is 9.92. The minimum atomic E-state index is -0.341. The van der Waals surface area contributed by atoms with Gasteiger partial charge in [-0.1, -0.05) is 26.0 Å². The highest BCUT2D eigenvalue weighted by molar-refractivity contribution is 8.18. The first-order valence-electron chi connectivity index (χ1n) is 10.8. The number of carbonyl (C=O) groups excluding carboxylic acids is 2. The van der Waals surface area contributed by atoms with Crippen LogP contribution >= 0.6 is 11.8 Å². The first-order chi connectivity index (χ1) is 14.9. The maximum absolute atomic E-state index is 12.0. The van der Waals surface area contributed by atoms with Gasteiger partial charge in [-0.05, 0) is 84.6 Å². The Balaban J connectivity index is 1.90. The number of rotatable bonds is 3. The monoisotopic (exact) mass is 450 g/mol. The molecule has 0 bridgehead atoms. The van der Waals surface area contributed by atoms with Gasteiger partial charge in [-0.15, -0.1) is 0 Å². The number of hydrogen-bond donors (Lipinski definition) is 1. The van der Waals surface area contributed by atoms with E-state index < -0.39 is 0 Å². The summed E-state index contributed by atoms with van der Waals surface area (Å²) in [5.41, 5.74) is 7.54. The van der Waals surface area contributed by atoms with Crippen LogP contribution in [0.2, 0.25) is 0 Å². The lowest BCUT2D eigenvalue weighted by Crippen LogP contribution is -2.40. The molecule has 6 heteroatoms. The van der Waals surface area contributed by atoms with Gasteiger partial charge in [0.15, 0.2) is 0 Å². The topological polar surface area (TPSA) is 58.6 Å². The van der Waals surface area contributed by atoms with Crippen molar-refractivity contribution in [2.45, 2.75) is 45.6 Å². The molecule has 1 fully saturated rings. The maximum Gasteiger partial charge on any atom is 0.290 e. The van der Waals surface area contributed by atoms with Crippen molar-refractivity contribution >= 4 is 34.7 Å². The van der Waals surface area contributed by atoms with Crippen LogP contribution in [-0.2, 0) is 20.5 Å². The fourth-order valence-corrected chi connectivity index (χ4v) is 5.08. The molecular formula is C26H30N2O3S. The number of hydrogen-bond acceptors (Lipinski definition) is 5. The summed E-state index contributed by atoms with van der Waals surface area (Å²) in [6, 6.07) is 10.7. The molecule has 4 rings (SSSR count). The molecule has 0 saturated carbocycles. The van der Waals surface area contributed by atoms with Crippen LogP contribution in [0.3, 0.4) is 0 Å². The fourth-order valence-electron chi connectivity index (χ4n) is 4.39. The van der Waals surface area contributed by atoms with Crippen LogP contribution < -0.4 is 10.2 Å². The van der Waals surface area contributed by atoms with Gasteiger partial charge in [-0.3, -0.25) is 14.9 Å². The van der Waals surface area contributed by atoms with E-state index in [-0.39, 0.29) is 22.2 Å². The van der Waals surface area contributed by atoms with Crippen molar-refractivity contribution in [3.8, 4) is 11.1 Å². The number of thioether (sulfide) groups is 1. The lowest BCUT2D eigenvalue weighted by molar-refractivity contribution is -0.115. The van der Waals surface area contributed by atoms with Crippen LogP contribution in [0.5, 0.6) is 0 Å². The zero-order valence-electron chi connectivity index (χ0n) is 19.8. The average molecular weight is 451 g/mol. The van der Waals surface area contributed by atoms with E-state index in [9.17, 15) is 9.59 Å². The Hall–Kier alpha value is -2.57. The Labute approximate surface area is 194 Å². The third kappa shape index (κ3) is 3.97. The maximum atomic E-state index is 12.0. The van der Waals surface area contributed by atoms with E-state index in [1.807, 2.05) is 20.2 Å². The lowest BCUT2D eigenvalue weighted by Gasteiger charge is -2.42. The van der Waals surface area contributed by atoms with Gasteiger partial charge in [0.25, 0.3) is 11.1 Å². The molecule has 2 aliphatic heterocycles. The molecule has 1 saturated heterocycles. The number of ether oxygens (including phenoxy) is 1. The van der Waals surface area contributed by atoms with Crippen LogP contribution in [0.1, 0.15) is 49.9 Å². The molecule has 2 aromatic carbocycles. The molecule has 1 N–H and O–H groups in total. The number of anilines is 1. The number of nitrogens with zero attached hydrogens (tertiary/aromatic N) is 1. The third-order valence-corrected chi connectivity index (χ3v) is 7.08. The number of imide groups is 1. The SMILES string of the molecule is Cc1cc2c(cc1-c1cc(/C=C3/SC(=O)NC3=O)ccc1N(C)C)C(C)(C)COC2(C)C. The molecular weight excluding hydrogens is 420 g/mol. The van der Waals surface area contributed by atoms with E-state index in [4.69, 9.17) is 4.74 Å². The number of fused-ring (bicyclic) bond motifs is 1. The molecule has 0 unspecified atom stereocenters. The second kappa shape index (κ2) is 7.78. The summed E-state index contributed by atoms with van der Waals surface area (Å²) in [4.78, 5) is 26.1. The number of aryl methyl sites for hydroxylation is 1. The summed E-state index contributed by atoms with van der Waals surface area (Å²) in [5.74, 6) is -0.341. The Morgan fingerprint density at radius 2 is 1.75 bits per heavy atom. The summed E-state index contributed by atoms with van der Waals surface area (Å²) in [5, 5.41) is 1.99. The molecule has 0 atom stereocenters. The van der Waals surface area contributed by atoms with E-state index >= 15 is 0 Å². The zero-order chi connectivity index (χ0) is 23.4. The van der Waals surface area contributed by atoms with Gasteiger partial charge in [0.05, 0.1) is 17.1 Å². The van der Waals surface area contributed by atoms with Crippen molar-refractivity contribution in [2.24, 2.45) is 0 Å². The number of carbonyl (C=O) groups is 2. The van der Waals surface area contributed by atoms with E-state index in [2.05, 4.69) is 69.1 Å². The highest BCUT2D eigenvalue weighted by Crippen LogP contribution is 2.45. The van der Waals surface area contributed by atoms with Crippen molar-refractivity contribution < 1.29 is 14.3 Å². The summed E-state index contributed by atoms with van der Waals surface area (Å²) >= 11 is 0.939. The van der Waals surface area contributed by atoms with Gasteiger partial charge in [0.2, 0.25) is 0 Å². The van der Waals surface area contributed by atoms with Crippen LogP contribution in [0.25, 0.3) is 17.2 Å². The van der Waals surface area contributed by atoms with Crippen LogP contribution in [0, 0.1) is 6.92 Å². The van der Waals surface area contributed by atoms with Gasteiger partial charge >= 0.3 is 0 Å². The van der Waals surface area contributed by atoms with E-state index in [0.29, 0.717) is 11.5 Å². The molecule has 0 spiro atoms. The Morgan fingerprint density at radius 3 is 2.38 bits per heavy atom. The molecule has 2 aromatic rings. The zero-order valence-corrected chi connectivity index (χ0v) is 20.6. The van der Waals surface area contributed by atoms with Crippen molar-refractivity contribution in [1.82, 2.24) is 5.32 Å². The summed E-state index contributed by atoms with van der Waals surface area (Å²) < 4.78 is 6.20. The predicted octanol–water partition coefficient (Wildman–Crippen LogP) is 5.59. The van der Waals surface area contributed by atoms with Crippen LogP contribution in [-0.4, -0.2) is 31.8 Å². The molecule has 5 nitrogen and oxygen atoms in total. The van der Waals surface area contributed by atoms with E-state index in [1.54, 1.807) is 6.08 Å². The molecule has 0 aromatic heterocycles. The van der Waals surface area contributed by atoms with Gasteiger partial charge < -0.3 is 9.64 Å². The van der Waals surface area contributed by atoms with Gasteiger partial charge in [-0.2, -0.15) is 0 Å². The average Bonchev–Trinajstić information content (AvgIpc) is 3.02. The summed E-state index contributed by atoms with van der Waals surface area (Å²) in [6.45, 7) is 11.5. The smallest absolute Gasteiger partial charge is 0.290 e. The highest BCUT2D eigenvalue weighted by Gasteiger charge is 2.38.